The molecule has 0 unspecified atom stereocenters. The van der Waals surface area contributed by atoms with Crippen LogP contribution in [0.15, 0.2) is 59.1 Å². The number of hydrogen-bond donors (Lipinski definition) is 2. The van der Waals surface area contributed by atoms with Crippen molar-refractivity contribution in [1.29, 1.82) is 5.26 Å². The van der Waals surface area contributed by atoms with Crippen molar-refractivity contribution in [1.82, 2.24) is 0 Å². The number of fused-ring (bicyclic) bond motifs is 1. The van der Waals surface area contributed by atoms with Crippen LogP contribution in [-0.4, -0.2) is 0 Å². The molecule has 0 amide bonds. The topological polar surface area (TPSA) is 61.8 Å². The van der Waals surface area contributed by atoms with Crippen LogP contribution < -0.4 is 11.1 Å². The smallest absolute Gasteiger partial charge is 0.101 e. The number of nitriles is 1. The number of nitrogens with zero attached hydrogens (tertiary/aromatic N) is 1. The monoisotopic (exact) mass is 337 g/mol. The molecule has 0 fully saturated rings. The third-order valence-corrected chi connectivity index (χ3v) is 3.74. The summed E-state index contributed by atoms with van der Waals surface area (Å²) in [5.74, 6) is 0. The molecule has 3 N–H and O–H groups in total. The number of nitrogens with one attached hydrogen (secondary N) is 1. The van der Waals surface area contributed by atoms with Crippen LogP contribution in [0.4, 0.5) is 17.1 Å². The molecule has 102 valence electrons. The van der Waals surface area contributed by atoms with Gasteiger partial charge in [-0.2, -0.15) is 5.26 Å². The molecule has 0 aliphatic rings. The first kappa shape index (κ1) is 13.5. The van der Waals surface area contributed by atoms with Gasteiger partial charge in [0, 0.05) is 15.8 Å². The quantitative estimate of drug-likeness (QED) is 0.660. The molecule has 3 aromatic carbocycles. The fourth-order valence-corrected chi connectivity index (χ4v) is 2.59. The van der Waals surface area contributed by atoms with E-state index in [1.165, 1.54) is 0 Å². The summed E-state index contributed by atoms with van der Waals surface area (Å²) in [6.45, 7) is 0. The van der Waals surface area contributed by atoms with Gasteiger partial charge in [-0.25, -0.2) is 0 Å². The highest BCUT2D eigenvalue weighted by atomic mass is 79.9. The molecule has 3 aromatic rings. The molecule has 4 heteroatoms. The van der Waals surface area contributed by atoms with Crippen LogP contribution in [0.25, 0.3) is 10.8 Å². The Morgan fingerprint density at radius 3 is 2.52 bits per heavy atom. The van der Waals surface area contributed by atoms with E-state index in [-0.39, 0.29) is 0 Å². The molecule has 0 aliphatic heterocycles. The molecule has 0 saturated heterocycles. The molecule has 3 nitrogen and oxygen atoms in total. The van der Waals surface area contributed by atoms with E-state index in [1.807, 2.05) is 24.3 Å². The van der Waals surface area contributed by atoms with Gasteiger partial charge in [0.2, 0.25) is 0 Å². The van der Waals surface area contributed by atoms with E-state index in [0.29, 0.717) is 11.3 Å². The van der Waals surface area contributed by atoms with Crippen LogP contribution in [0, 0.1) is 11.3 Å². The fourth-order valence-electron chi connectivity index (χ4n) is 2.21. The average Bonchev–Trinajstić information content (AvgIpc) is 2.49. The second-order valence-electron chi connectivity index (χ2n) is 4.75. The van der Waals surface area contributed by atoms with Crippen molar-refractivity contribution in [2.45, 2.75) is 0 Å². The highest BCUT2D eigenvalue weighted by molar-refractivity contribution is 9.10. The lowest BCUT2D eigenvalue weighted by Crippen LogP contribution is -1.95. The van der Waals surface area contributed by atoms with Crippen LogP contribution in [0.1, 0.15) is 5.56 Å². The van der Waals surface area contributed by atoms with E-state index in [4.69, 9.17) is 5.73 Å². The minimum absolute atomic E-state index is 0.533. The number of anilines is 3. The van der Waals surface area contributed by atoms with Crippen molar-refractivity contribution < 1.29 is 0 Å². The van der Waals surface area contributed by atoms with Gasteiger partial charge in [0.1, 0.15) is 6.07 Å². The summed E-state index contributed by atoms with van der Waals surface area (Å²) in [5.41, 5.74) is 8.51. The first-order valence-electron chi connectivity index (χ1n) is 6.42. The number of benzene rings is 3. The van der Waals surface area contributed by atoms with Crippen LogP contribution in [-0.2, 0) is 0 Å². The Kier molecular flexibility index (Phi) is 3.51. The van der Waals surface area contributed by atoms with Crippen molar-refractivity contribution in [3.63, 3.8) is 0 Å². The number of nitrogen functional groups attached to an aromatic ring is 1. The zero-order valence-electron chi connectivity index (χ0n) is 11.1. The van der Waals surface area contributed by atoms with Gasteiger partial charge in [0.05, 0.1) is 11.3 Å². The Bertz CT molecular complexity index is 866. The van der Waals surface area contributed by atoms with Crippen molar-refractivity contribution in [3.05, 3.63) is 64.6 Å². The third-order valence-electron chi connectivity index (χ3n) is 3.25. The second-order valence-corrected chi connectivity index (χ2v) is 5.66. The van der Waals surface area contributed by atoms with Gasteiger partial charge < -0.3 is 11.1 Å². The highest BCUT2D eigenvalue weighted by Crippen LogP contribution is 2.27. The zero-order valence-corrected chi connectivity index (χ0v) is 12.7. The number of halogens is 1. The maximum atomic E-state index is 9.17. The number of rotatable bonds is 2. The first-order valence-corrected chi connectivity index (χ1v) is 7.21. The molecule has 0 aromatic heterocycles. The minimum atomic E-state index is 0.533. The molecule has 21 heavy (non-hydrogen) atoms. The third kappa shape index (κ3) is 2.83. The maximum Gasteiger partial charge on any atom is 0.101 e. The van der Waals surface area contributed by atoms with Gasteiger partial charge in [-0.15, -0.1) is 0 Å². The molecular formula is C17H12BrN3. The van der Waals surface area contributed by atoms with Crippen molar-refractivity contribution >= 4 is 43.8 Å². The molecule has 0 heterocycles. The molecular weight excluding hydrogens is 326 g/mol. The van der Waals surface area contributed by atoms with Crippen LogP contribution in [0.5, 0.6) is 0 Å². The molecule has 0 radical (unpaired) electrons. The van der Waals surface area contributed by atoms with Gasteiger partial charge in [0.25, 0.3) is 0 Å². The van der Waals surface area contributed by atoms with E-state index in [2.05, 4.69) is 45.5 Å². The molecule has 0 aliphatic carbocycles. The summed E-state index contributed by atoms with van der Waals surface area (Å²) in [6.07, 6.45) is 0. The predicted molar refractivity (Wildman–Crippen MR) is 90.5 cm³/mol. The predicted octanol–water partition coefficient (Wildman–Crippen LogP) is 4.80. The number of nitrogens with two attached hydrogens (primary N) is 1. The normalized spacial score (nSPS) is 10.3. The average molecular weight is 338 g/mol. The molecule has 0 atom stereocenters. The molecule has 3 rings (SSSR count). The largest absolute Gasteiger partial charge is 0.399 e. The number of hydrogen-bond acceptors (Lipinski definition) is 3. The van der Waals surface area contributed by atoms with E-state index in [9.17, 15) is 5.26 Å². The summed E-state index contributed by atoms with van der Waals surface area (Å²) < 4.78 is 1.06. The minimum Gasteiger partial charge on any atom is -0.399 e. The lowest BCUT2D eigenvalue weighted by atomic mass is 10.1. The second kappa shape index (κ2) is 5.47. The van der Waals surface area contributed by atoms with E-state index in [0.717, 1.165) is 26.6 Å². The van der Waals surface area contributed by atoms with Gasteiger partial charge >= 0.3 is 0 Å². The standard InChI is InChI=1S/C17H12BrN3/c18-14-3-1-12-9-16(5-2-11(12)7-14)21-17-6-4-15(20)8-13(17)10-19/h1-9,21H,20H2. The highest BCUT2D eigenvalue weighted by Gasteiger charge is 2.04. The maximum absolute atomic E-state index is 9.17. The molecule has 0 spiro atoms. The Hall–Kier alpha value is -2.51. The zero-order chi connectivity index (χ0) is 14.8. The lowest BCUT2D eigenvalue weighted by molar-refractivity contribution is 1.46. The fraction of sp³-hybridized carbons (Fsp3) is 0. The van der Waals surface area contributed by atoms with Crippen LogP contribution >= 0.6 is 15.9 Å². The van der Waals surface area contributed by atoms with E-state index < -0.39 is 0 Å². The van der Waals surface area contributed by atoms with Crippen molar-refractivity contribution in [3.8, 4) is 6.07 Å². The summed E-state index contributed by atoms with van der Waals surface area (Å²) in [5, 5.41) is 14.7. The lowest BCUT2D eigenvalue weighted by Gasteiger charge is -2.10. The van der Waals surface area contributed by atoms with E-state index >= 15 is 0 Å². The summed E-state index contributed by atoms with van der Waals surface area (Å²) in [6, 6.07) is 19.6. The van der Waals surface area contributed by atoms with Crippen molar-refractivity contribution in [2.75, 3.05) is 11.1 Å². The summed E-state index contributed by atoms with van der Waals surface area (Å²) in [7, 11) is 0. The van der Waals surface area contributed by atoms with Crippen LogP contribution in [0.3, 0.4) is 0 Å². The molecule has 0 bridgehead atoms. The van der Waals surface area contributed by atoms with Crippen molar-refractivity contribution in [2.24, 2.45) is 0 Å². The Balaban J connectivity index is 1.99. The van der Waals surface area contributed by atoms with Gasteiger partial charge in [-0.1, -0.05) is 28.1 Å². The van der Waals surface area contributed by atoms with Gasteiger partial charge in [0.15, 0.2) is 0 Å². The first-order chi connectivity index (χ1) is 10.2. The summed E-state index contributed by atoms with van der Waals surface area (Å²) in [4.78, 5) is 0. The molecule has 0 saturated carbocycles. The summed E-state index contributed by atoms with van der Waals surface area (Å²) >= 11 is 3.47. The SMILES string of the molecule is N#Cc1cc(N)ccc1Nc1ccc2cc(Br)ccc2c1. The Morgan fingerprint density at radius 1 is 0.952 bits per heavy atom. The Morgan fingerprint density at radius 2 is 1.71 bits per heavy atom. The van der Waals surface area contributed by atoms with Gasteiger partial charge in [-0.05, 0) is 53.2 Å². The Labute approximate surface area is 131 Å². The van der Waals surface area contributed by atoms with Gasteiger partial charge in [-0.3, -0.25) is 0 Å². The van der Waals surface area contributed by atoms with E-state index in [1.54, 1.807) is 12.1 Å². The van der Waals surface area contributed by atoms with Crippen LogP contribution in [0.2, 0.25) is 0 Å².